The van der Waals surface area contributed by atoms with E-state index in [1.165, 1.54) is 5.56 Å². The quantitative estimate of drug-likeness (QED) is 0.434. The van der Waals surface area contributed by atoms with Crippen molar-refractivity contribution in [3.8, 4) is 39.7 Å². The van der Waals surface area contributed by atoms with E-state index in [1.807, 2.05) is 53.2 Å². The molecule has 5 heteroatoms. The lowest BCUT2D eigenvalue weighted by Crippen LogP contribution is -2.03. The molecule has 0 bridgehead atoms. The molecule has 0 radical (unpaired) electrons. The second-order valence-electron chi connectivity index (χ2n) is 6.89. The molecule has 29 heavy (non-hydrogen) atoms. The van der Waals surface area contributed by atoms with E-state index in [0.29, 0.717) is 11.6 Å². The van der Waals surface area contributed by atoms with Crippen LogP contribution in [0.5, 0.6) is 11.5 Å². The number of rotatable bonds is 3. The molecule has 0 fully saturated rings. The third-order valence-corrected chi connectivity index (χ3v) is 5.39. The number of methoxy groups -OCH3 is 1. The molecule has 1 aromatic heterocycles. The molecule has 3 aromatic carbocycles. The Morgan fingerprint density at radius 3 is 2.55 bits per heavy atom. The lowest BCUT2D eigenvalue weighted by Gasteiger charge is -2.11. The van der Waals surface area contributed by atoms with Gasteiger partial charge in [0.1, 0.15) is 17.2 Å². The lowest BCUT2D eigenvalue weighted by atomic mass is 10.00. The number of nitrogens with zero attached hydrogens (tertiary/aromatic N) is 2. The van der Waals surface area contributed by atoms with Crippen molar-refractivity contribution >= 4 is 11.6 Å². The topological polar surface area (TPSA) is 36.3 Å². The first-order valence-electron chi connectivity index (χ1n) is 9.49. The molecule has 4 nitrogen and oxygen atoms in total. The highest BCUT2D eigenvalue weighted by atomic mass is 35.5. The van der Waals surface area contributed by atoms with Crippen LogP contribution in [0.4, 0.5) is 0 Å². The number of benzene rings is 3. The van der Waals surface area contributed by atoms with Gasteiger partial charge in [0.25, 0.3) is 0 Å². The zero-order chi connectivity index (χ0) is 19.8. The molecule has 144 valence electrons. The fourth-order valence-corrected chi connectivity index (χ4v) is 3.94. The summed E-state index contributed by atoms with van der Waals surface area (Å²) < 4.78 is 13.4. The van der Waals surface area contributed by atoms with E-state index in [9.17, 15) is 0 Å². The largest absolute Gasteiger partial charge is 0.497 e. The van der Waals surface area contributed by atoms with Gasteiger partial charge in [0.15, 0.2) is 0 Å². The van der Waals surface area contributed by atoms with E-state index in [4.69, 9.17) is 26.2 Å². The van der Waals surface area contributed by atoms with Crippen molar-refractivity contribution in [2.45, 2.75) is 6.42 Å². The van der Waals surface area contributed by atoms with Gasteiger partial charge in [-0.3, -0.25) is 0 Å². The standard InChI is InChI=1S/C24H19ClN2O2/c1-28-19-10-7-16(8-11-19)24-21-13-14-29-22-15-17(25)9-12-20(22)23(21)26-27(24)18-5-3-2-4-6-18/h2-12,15H,13-14H2,1H3. The summed E-state index contributed by atoms with van der Waals surface area (Å²) in [5.74, 6) is 1.60. The molecule has 4 aromatic rings. The zero-order valence-corrected chi connectivity index (χ0v) is 16.7. The van der Waals surface area contributed by atoms with Crippen molar-refractivity contribution in [1.29, 1.82) is 0 Å². The van der Waals surface area contributed by atoms with Crippen LogP contribution in [0.2, 0.25) is 5.02 Å². The van der Waals surface area contributed by atoms with Crippen LogP contribution in [0.3, 0.4) is 0 Å². The van der Waals surface area contributed by atoms with Gasteiger partial charge in [-0.05, 0) is 54.6 Å². The van der Waals surface area contributed by atoms with Gasteiger partial charge in [0, 0.05) is 28.1 Å². The van der Waals surface area contributed by atoms with Gasteiger partial charge in [-0.2, -0.15) is 5.10 Å². The minimum atomic E-state index is 0.573. The van der Waals surface area contributed by atoms with E-state index < -0.39 is 0 Å². The second kappa shape index (κ2) is 7.30. The first-order chi connectivity index (χ1) is 14.2. The lowest BCUT2D eigenvalue weighted by molar-refractivity contribution is 0.326. The number of fused-ring (bicyclic) bond motifs is 3. The predicted molar refractivity (Wildman–Crippen MR) is 115 cm³/mol. The van der Waals surface area contributed by atoms with E-state index in [1.54, 1.807) is 7.11 Å². The Kier molecular flexibility index (Phi) is 4.49. The minimum absolute atomic E-state index is 0.573. The molecular formula is C24H19ClN2O2. The number of para-hydroxylation sites is 1. The molecular weight excluding hydrogens is 384 g/mol. The summed E-state index contributed by atoms with van der Waals surface area (Å²) in [6.45, 7) is 0.573. The normalized spacial score (nSPS) is 12.5. The number of aromatic nitrogens is 2. The van der Waals surface area contributed by atoms with Crippen molar-refractivity contribution in [3.05, 3.63) is 83.4 Å². The Morgan fingerprint density at radius 1 is 1.00 bits per heavy atom. The van der Waals surface area contributed by atoms with Crippen LogP contribution in [0.1, 0.15) is 5.56 Å². The summed E-state index contributed by atoms with van der Waals surface area (Å²) in [6, 6.07) is 24.0. The smallest absolute Gasteiger partial charge is 0.130 e. The Hall–Kier alpha value is -3.24. The molecule has 1 aliphatic heterocycles. The van der Waals surface area contributed by atoms with Crippen LogP contribution in [0, 0.1) is 0 Å². The molecule has 1 aliphatic rings. The third-order valence-electron chi connectivity index (χ3n) is 5.16. The average molecular weight is 403 g/mol. The summed E-state index contributed by atoms with van der Waals surface area (Å²) in [7, 11) is 1.68. The summed E-state index contributed by atoms with van der Waals surface area (Å²) in [5, 5.41) is 5.69. The van der Waals surface area contributed by atoms with Gasteiger partial charge >= 0.3 is 0 Å². The molecule has 0 saturated heterocycles. The summed E-state index contributed by atoms with van der Waals surface area (Å²) in [6.07, 6.45) is 0.760. The first-order valence-corrected chi connectivity index (χ1v) is 9.87. The van der Waals surface area contributed by atoms with Crippen molar-refractivity contribution < 1.29 is 9.47 Å². The monoisotopic (exact) mass is 402 g/mol. The molecule has 0 atom stereocenters. The molecule has 2 heterocycles. The number of hydrogen-bond acceptors (Lipinski definition) is 3. The highest BCUT2D eigenvalue weighted by molar-refractivity contribution is 6.30. The molecule has 0 spiro atoms. The van der Waals surface area contributed by atoms with Crippen LogP contribution in [0.15, 0.2) is 72.8 Å². The zero-order valence-electron chi connectivity index (χ0n) is 15.9. The number of halogens is 1. The molecule has 0 amide bonds. The van der Waals surface area contributed by atoms with Crippen LogP contribution in [-0.4, -0.2) is 23.5 Å². The van der Waals surface area contributed by atoms with Crippen molar-refractivity contribution in [1.82, 2.24) is 9.78 Å². The predicted octanol–water partition coefficient (Wildman–Crippen LogP) is 5.80. The Bertz CT molecular complexity index is 1170. The highest BCUT2D eigenvalue weighted by Gasteiger charge is 2.25. The fraction of sp³-hybridized carbons (Fsp3) is 0.125. The molecule has 0 N–H and O–H groups in total. The average Bonchev–Trinajstić information content (AvgIpc) is 3.05. The fourth-order valence-electron chi connectivity index (χ4n) is 3.78. The second-order valence-corrected chi connectivity index (χ2v) is 7.33. The van der Waals surface area contributed by atoms with Crippen LogP contribution in [-0.2, 0) is 6.42 Å². The Balaban J connectivity index is 1.78. The van der Waals surface area contributed by atoms with Gasteiger partial charge in [-0.1, -0.05) is 29.8 Å². The van der Waals surface area contributed by atoms with Gasteiger partial charge in [0.2, 0.25) is 0 Å². The summed E-state index contributed by atoms with van der Waals surface area (Å²) in [5.41, 5.74) is 6.24. The summed E-state index contributed by atoms with van der Waals surface area (Å²) >= 11 is 6.20. The van der Waals surface area contributed by atoms with Gasteiger partial charge in [-0.15, -0.1) is 0 Å². The van der Waals surface area contributed by atoms with Crippen molar-refractivity contribution in [2.24, 2.45) is 0 Å². The van der Waals surface area contributed by atoms with Gasteiger partial charge in [0.05, 0.1) is 25.1 Å². The van der Waals surface area contributed by atoms with E-state index >= 15 is 0 Å². The van der Waals surface area contributed by atoms with Gasteiger partial charge < -0.3 is 9.47 Å². The van der Waals surface area contributed by atoms with E-state index in [2.05, 4.69) is 24.3 Å². The number of ether oxygens (including phenoxy) is 2. The van der Waals surface area contributed by atoms with Crippen molar-refractivity contribution in [3.63, 3.8) is 0 Å². The maximum absolute atomic E-state index is 6.20. The maximum atomic E-state index is 6.20. The number of hydrogen-bond donors (Lipinski definition) is 0. The molecule has 0 saturated carbocycles. The SMILES string of the molecule is COc1ccc(-c2c3c(nn2-c2ccccc2)-c2ccc(Cl)cc2OCC3)cc1. The summed E-state index contributed by atoms with van der Waals surface area (Å²) in [4.78, 5) is 0. The maximum Gasteiger partial charge on any atom is 0.130 e. The van der Waals surface area contributed by atoms with E-state index in [0.717, 1.165) is 46.1 Å². The minimum Gasteiger partial charge on any atom is -0.497 e. The van der Waals surface area contributed by atoms with Crippen LogP contribution < -0.4 is 9.47 Å². The van der Waals surface area contributed by atoms with Crippen LogP contribution >= 0.6 is 11.6 Å². The van der Waals surface area contributed by atoms with Crippen LogP contribution in [0.25, 0.3) is 28.2 Å². The van der Waals surface area contributed by atoms with E-state index in [-0.39, 0.29) is 0 Å². The third kappa shape index (κ3) is 3.15. The molecule has 0 unspecified atom stereocenters. The highest BCUT2D eigenvalue weighted by Crippen LogP contribution is 2.41. The van der Waals surface area contributed by atoms with Crippen molar-refractivity contribution in [2.75, 3.05) is 13.7 Å². The first kappa shape index (κ1) is 17.8. The van der Waals surface area contributed by atoms with Gasteiger partial charge in [-0.25, -0.2) is 4.68 Å². The molecule has 0 aliphatic carbocycles. The Labute approximate surface area is 174 Å². The Morgan fingerprint density at radius 2 is 1.79 bits per heavy atom. The molecule has 5 rings (SSSR count).